The van der Waals surface area contributed by atoms with Crippen LogP contribution < -0.4 is 5.32 Å². The number of halogens is 1. The van der Waals surface area contributed by atoms with Crippen LogP contribution in [-0.2, 0) is 9.47 Å². The Morgan fingerprint density at radius 3 is 2.21 bits per heavy atom. The van der Waals surface area contributed by atoms with E-state index in [1.807, 2.05) is 13.8 Å². The van der Waals surface area contributed by atoms with Gasteiger partial charge >= 0.3 is 0 Å². The summed E-state index contributed by atoms with van der Waals surface area (Å²) < 4.78 is 12.1. The Morgan fingerprint density at radius 1 is 1.11 bits per heavy atom. The largest absolute Gasteiger partial charge is 0.353 e. The number of benzene rings is 1. The van der Waals surface area contributed by atoms with Crippen LogP contribution in [0.2, 0.25) is 0 Å². The van der Waals surface area contributed by atoms with E-state index in [2.05, 4.69) is 52.4 Å². The Balaban J connectivity index is 2.32. The Morgan fingerprint density at radius 2 is 1.68 bits per heavy atom. The molecule has 3 nitrogen and oxygen atoms in total. The molecule has 0 saturated carbocycles. The Bertz CT molecular complexity index is 337. The number of nitrogens with one attached hydrogen (secondary N) is 1. The van der Waals surface area contributed by atoms with Gasteiger partial charge in [-0.25, -0.2) is 0 Å². The number of hydrogen-bond donors (Lipinski definition) is 1. The molecule has 0 heterocycles. The normalized spacial score (nSPS) is 12.9. The minimum atomic E-state index is -0.0976. The zero-order valence-corrected chi connectivity index (χ0v) is 13.6. The van der Waals surface area contributed by atoms with Crippen molar-refractivity contribution in [2.24, 2.45) is 0 Å². The first kappa shape index (κ1) is 16.6. The molecule has 1 atom stereocenters. The molecule has 1 rings (SSSR count). The first-order chi connectivity index (χ1) is 9.17. The highest BCUT2D eigenvalue weighted by atomic mass is 79.9. The third-order valence-corrected chi connectivity index (χ3v) is 3.43. The number of ether oxygens (including phenoxy) is 2. The fourth-order valence-corrected chi connectivity index (χ4v) is 2.14. The SMILES string of the molecule is CCOC(CCN[C@@H](C)c1ccc(Br)cc1)OCC. The summed E-state index contributed by atoms with van der Waals surface area (Å²) in [4.78, 5) is 0. The maximum atomic E-state index is 5.52. The van der Waals surface area contributed by atoms with Crippen molar-refractivity contribution in [1.82, 2.24) is 5.32 Å². The molecule has 0 amide bonds. The molecule has 0 fully saturated rings. The van der Waals surface area contributed by atoms with Crippen LogP contribution >= 0.6 is 15.9 Å². The zero-order valence-electron chi connectivity index (χ0n) is 12.0. The van der Waals surface area contributed by atoms with Gasteiger partial charge < -0.3 is 14.8 Å². The van der Waals surface area contributed by atoms with E-state index in [1.54, 1.807) is 0 Å². The summed E-state index contributed by atoms with van der Waals surface area (Å²) in [6.07, 6.45) is 0.766. The minimum Gasteiger partial charge on any atom is -0.353 e. The van der Waals surface area contributed by atoms with Gasteiger partial charge in [0.15, 0.2) is 6.29 Å². The summed E-state index contributed by atoms with van der Waals surface area (Å²) in [5.74, 6) is 0. The third kappa shape index (κ3) is 6.52. The molecule has 1 aromatic rings. The fraction of sp³-hybridized carbons (Fsp3) is 0.600. The predicted octanol–water partition coefficient (Wildman–Crippen LogP) is 3.89. The average molecular weight is 330 g/mol. The summed E-state index contributed by atoms with van der Waals surface area (Å²) >= 11 is 3.45. The molecule has 4 heteroatoms. The van der Waals surface area contributed by atoms with Crippen molar-refractivity contribution in [3.63, 3.8) is 0 Å². The van der Waals surface area contributed by atoms with E-state index in [4.69, 9.17) is 9.47 Å². The van der Waals surface area contributed by atoms with E-state index in [1.165, 1.54) is 5.56 Å². The van der Waals surface area contributed by atoms with Gasteiger partial charge in [0.05, 0.1) is 0 Å². The topological polar surface area (TPSA) is 30.5 Å². The highest BCUT2D eigenvalue weighted by Crippen LogP contribution is 2.16. The molecule has 0 aliphatic heterocycles. The van der Waals surface area contributed by atoms with Crippen LogP contribution in [0.4, 0.5) is 0 Å². The van der Waals surface area contributed by atoms with E-state index in [0.29, 0.717) is 19.3 Å². The second-order valence-electron chi connectivity index (χ2n) is 4.36. The molecule has 0 bridgehead atoms. The molecule has 19 heavy (non-hydrogen) atoms. The van der Waals surface area contributed by atoms with Gasteiger partial charge in [-0.3, -0.25) is 0 Å². The Hall–Kier alpha value is -0.420. The van der Waals surface area contributed by atoms with Gasteiger partial charge in [-0.15, -0.1) is 0 Å². The van der Waals surface area contributed by atoms with E-state index in [9.17, 15) is 0 Å². The lowest BCUT2D eigenvalue weighted by Gasteiger charge is -2.19. The van der Waals surface area contributed by atoms with Crippen LogP contribution in [-0.4, -0.2) is 26.0 Å². The Labute approximate surface area is 124 Å². The average Bonchev–Trinajstić information content (AvgIpc) is 2.40. The van der Waals surface area contributed by atoms with Crippen molar-refractivity contribution >= 4 is 15.9 Å². The molecular weight excluding hydrogens is 306 g/mol. The van der Waals surface area contributed by atoms with Crippen LogP contribution in [0, 0.1) is 0 Å². The highest BCUT2D eigenvalue weighted by Gasteiger charge is 2.09. The first-order valence-corrected chi connectivity index (χ1v) is 7.68. The summed E-state index contributed by atoms with van der Waals surface area (Å²) in [6, 6.07) is 8.72. The van der Waals surface area contributed by atoms with Gasteiger partial charge in [0, 0.05) is 36.7 Å². The minimum absolute atomic E-state index is 0.0976. The molecule has 108 valence electrons. The summed E-state index contributed by atoms with van der Waals surface area (Å²) in [6.45, 7) is 8.40. The molecule has 0 radical (unpaired) electrons. The molecule has 1 aromatic carbocycles. The first-order valence-electron chi connectivity index (χ1n) is 6.89. The van der Waals surface area contributed by atoms with Crippen LogP contribution in [0.25, 0.3) is 0 Å². The zero-order chi connectivity index (χ0) is 14.1. The standard InChI is InChI=1S/C15H24BrNO2/c1-4-18-15(19-5-2)10-11-17-12(3)13-6-8-14(16)9-7-13/h6-9,12,15,17H,4-5,10-11H2,1-3H3/t12-/m0/s1. The van der Waals surface area contributed by atoms with Crippen molar-refractivity contribution < 1.29 is 9.47 Å². The van der Waals surface area contributed by atoms with Gasteiger partial charge in [0.25, 0.3) is 0 Å². The lowest BCUT2D eigenvalue weighted by Crippen LogP contribution is -2.26. The third-order valence-electron chi connectivity index (χ3n) is 2.91. The molecule has 1 N–H and O–H groups in total. The molecule has 0 aliphatic rings. The highest BCUT2D eigenvalue weighted by molar-refractivity contribution is 9.10. The molecule has 0 unspecified atom stereocenters. The fourth-order valence-electron chi connectivity index (χ4n) is 1.87. The summed E-state index contributed by atoms with van der Waals surface area (Å²) in [5, 5.41) is 3.49. The number of rotatable bonds is 9. The van der Waals surface area contributed by atoms with Crippen LogP contribution in [0.5, 0.6) is 0 Å². The van der Waals surface area contributed by atoms with Gasteiger partial charge in [-0.1, -0.05) is 28.1 Å². The molecule has 0 saturated heterocycles. The monoisotopic (exact) mass is 329 g/mol. The predicted molar refractivity (Wildman–Crippen MR) is 82.2 cm³/mol. The van der Waals surface area contributed by atoms with Crippen molar-refractivity contribution in [1.29, 1.82) is 0 Å². The molecule has 0 aromatic heterocycles. The van der Waals surface area contributed by atoms with Crippen LogP contribution in [0.1, 0.15) is 38.8 Å². The number of hydrogen-bond acceptors (Lipinski definition) is 3. The van der Waals surface area contributed by atoms with Crippen molar-refractivity contribution in [2.45, 2.75) is 39.5 Å². The molecular formula is C15H24BrNO2. The smallest absolute Gasteiger partial charge is 0.158 e. The van der Waals surface area contributed by atoms with Gasteiger partial charge in [0.2, 0.25) is 0 Å². The lowest BCUT2D eigenvalue weighted by atomic mass is 10.1. The van der Waals surface area contributed by atoms with Gasteiger partial charge in [-0.2, -0.15) is 0 Å². The van der Waals surface area contributed by atoms with Gasteiger partial charge in [0.1, 0.15) is 0 Å². The molecule has 0 spiro atoms. The lowest BCUT2D eigenvalue weighted by molar-refractivity contribution is -0.138. The summed E-state index contributed by atoms with van der Waals surface area (Å²) in [5.41, 5.74) is 1.28. The van der Waals surface area contributed by atoms with E-state index in [0.717, 1.165) is 17.4 Å². The van der Waals surface area contributed by atoms with Gasteiger partial charge in [-0.05, 0) is 38.5 Å². The van der Waals surface area contributed by atoms with Crippen LogP contribution in [0.15, 0.2) is 28.7 Å². The maximum absolute atomic E-state index is 5.52. The quantitative estimate of drug-likeness (QED) is 0.697. The van der Waals surface area contributed by atoms with E-state index >= 15 is 0 Å². The molecule has 0 aliphatic carbocycles. The van der Waals surface area contributed by atoms with Crippen molar-refractivity contribution in [3.8, 4) is 0 Å². The second-order valence-corrected chi connectivity index (χ2v) is 5.27. The van der Waals surface area contributed by atoms with Crippen molar-refractivity contribution in [2.75, 3.05) is 19.8 Å². The maximum Gasteiger partial charge on any atom is 0.158 e. The van der Waals surface area contributed by atoms with E-state index < -0.39 is 0 Å². The van der Waals surface area contributed by atoms with E-state index in [-0.39, 0.29) is 6.29 Å². The summed E-state index contributed by atoms with van der Waals surface area (Å²) in [7, 11) is 0. The van der Waals surface area contributed by atoms with Crippen LogP contribution in [0.3, 0.4) is 0 Å². The Kier molecular flexibility index (Phi) is 8.30. The second kappa shape index (κ2) is 9.48. The van der Waals surface area contributed by atoms with Crippen molar-refractivity contribution in [3.05, 3.63) is 34.3 Å².